The molecule has 1 aliphatic rings. The van der Waals surface area contributed by atoms with Gasteiger partial charge in [0.2, 0.25) is 0 Å². The number of unbranched alkanes of at least 4 members (excludes halogenated alkanes) is 2. The van der Waals surface area contributed by atoms with Gasteiger partial charge < -0.3 is 15.1 Å². The normalized spacial score (nSPS) is 27.1. The zero-order valence-corrected chi connectivity index (χ0v) is 9.41. The molecular weight excluding hydrogens is 194 g/mol. The van der Waals surface area contributed by atoms with Crippen molar-refractivity contribution in [1.29, 1.82) is 0 Å². The van der Waals surface area contributed by atoms with Crippen LogP contribution in [0.5, 0.6) is 0 Å². The highest BCUT2D eigenvalue weighted by Gasteiger charge is 2.39. The molecule has 0 amide bonds. The third-order valence-electron chi connectivity index (χ3n) is 3.20. The second kappa shape index (κ2) is 5.47. The van der Waals surface area contributed by atoms with Crippen LogP contribution in [0.15, 0.2) is 0 Å². The Hall–Kier alpha value is -0.610. The van der Waals surface area contributed by atoms with Crippen LogP contribution in [0.3, 0.4) is 0 Å². The molecule has 1 saturated heterocycles. The van der Waals surface area contributed by atoms with Crippen LogP contribution in [-0.2, 0) is 4.79 Å². The summed E-state index contributed by atoms with van der Waals surface area (Å²) in [5.41, 5.74) is -0.545. The van der Waals surface area contributed by atoms with Crippen molar-refractivity contribution in [2.75, 3.05) is 26.2 Å². The molecule has 15 heavy (non-hydrogen) atoms. The van der Waals surface area contributed by atoms with Crippen molar-refractivity contribution in [3.05, 3.63) is 0 Å². The standard InChI is InChI=1S/C11H21NO3/c1-11(10(14)15)5-7-12(9-11)6-3-2-4-8-13/h13H,2-9H2,1H3,(H,14,15). The van der Waals surface area contributed by atoms with E-state index in [0.29, 0.717) is 6.54 Å². The number of aliphatic carboxylic acids is 1. The number of carboxylic acid groups (broad SMARTS) is 1. The van der Waals surface area contributed by atoms with Crippen LogP contribution in [0, 0.1) is 5.41 Å². The van der Waals surface area contributed by atoms with Gasteiger partial charge in [-0.15, -0.1) is 0 Å². The monoisotopic (exact) mass is 215 g/mol. The van der Waals surface area contributed by atoms with E-state index < -0.39 is 11.4 Å². The molecule has 0 aromatic carbocycles. The summed E-state index contributed by atoms with van der Waals surface area (Å²) in [4.78, 5) is 13.2. The zero-order chi connectivity index (χ0) is 11.3. The lowest BCUT2D eigenvalue weighted by atomic mass is 9.90. The molecule has 0 aromatic rings. The predicted octanol–water partition coefficient (Wildman–Crippen LogP) is 0.946. The summed E-state index contributed by atoms with van der Waals surface area (Å²) in [6, 6.07) is 0. The molecule has 0 radical (unpaired) electrons. The van der Waals surface area contributed by atoms with Gasteiger partial charge in [0.15, 0.2) is 0 Å². The van der Waals surface area contributed by atoms with Crippen LogP contribution >= 0.6 is 0 Å². The van der Waals surface area contributed by atoms with Crippen LogP contribution in [0.25, 0.3) is 0 Å². The fourth-order valence-corrected chi connectivity index (χ4v) is 2.05. The van der Waals surface area contributed by atoms with Crippen molar-refractivity contribution in [1.82, 2.24) is 4.90 Å². The summed E-state index contributed by atoms with van der Waals surface area (Å²) in [6.07, 6.45) is 3.68. The number of rotatable bonds is 6. The van der Waals surface area contributed by atoms with E-state index in [1.54, 1.807) is 0 Å². The van der Waals surface area contributed by atoms with Crippen molar-refractivity contribution in [2.24, 2.45) is 5.41 Å². The largest absolute Gasteiger partial charge is 0.481 e. The fourth-order valence-electron chi connectivity index (χ4n) is 2.05. The van der Waals surface area contributed by atoms with E-state index in [1.165, 1.54) is 0 Å². The highest BCUT2D eigenvalue weighted by molar-refractivity contribution is 5.74. The van der Waals surface area contributed by atoms with Gasteiger partial charge in [0.05, 0.1) is 5.41 Å². The third-order valence-corrected chi connectivity index (χ3v) is 3.20. The molecule has 0 saturated carbocycles. The van der Waals surface area contributed by atoms with Gasteiger partial charge in [-0.3, -0.25) is 4.79 Å². The molecular formula is C11H21NO3. The highest BCUT2D eigenvalue weighted by Crippen LogP contribution is 2.30. The number of carbonyl (C=O) groups is 1. The predicted molar refractivity (Wildman–Crippen MR) is 57.7 cm³/mol. The number of aliphatic hydroxyl groups is 1. The first-order valence-electron chi connectivity index (χ1n) is 5.65. The Labute approximate surface area is 90.9 Å². The number of nitrogens with zero attached hydrogens (tertiary/aromatic N) is 1. The van der Waals surface area contributed by atoms with Crippen LogP contribution in [0.4, 0.5) is 0 Å². The van der Waals surface area contributed by atoms with Gasteiger partial charge in [-0.2, -0.15) is 0 Å². The van der Waals surface area contributed by atoms with Crippen LogP contribution in [-0.4, -0.2) is 47.3 Å². The van der Waals surface area contributed by atoms with E-state index in [0.717, 1.165) is 38.8 Å². The van der Waals surface area contributed by atoms with E-state index >= 15 is 0 Å². The number of carboxylic acids is 1. The van der Waals surface area contributed by atoms with E-state index in [1.807, 2.05) is 6.92 Å². The summed E-state index contributed by atoms with van der Waals surface area (Å²) in [7, 11) is 0. The van der Waals surface area contributed by atoms with E-state index in [9.17, 15) is 4.79 Å². The smallest absolute Gasteiger partial charge is 0.310 e. The Kier molecular flexibility index (Phi) is 4.54. The lowest BCUT2D eigenvalue weighted by Gasteiger charge is -2.19. The maximum atomic E-state index is 11.0. The zero-order valence-electron chi connectivity index (χ0n) is 9.41. The molecule has 0 bridgehead atoms. The van der Waals surface area contributed by atoms with Crippen molar-refractivity contribution in [3.63, 3.8) is 0 Å². The summed E-state index contributed by atoms with van der Waals surface area (Å²) in [5, 5.41) is 17.7. The third kappa shape index (κ3) is 3.47. The van der Waals surface area contributed by atoms with Gasteiger partial charge >= 0.3 is 5.97 Å². The molecule has 1 fully saturated rings. The number of hydrogen-bond donors (Lipinski definition) is 2. The second-order valence-corrected chi connectivity index (χ2v) is 4.68. The van der Waals surface area contributed by atoms with Gasteiger partial charge in [-0.25, -0.2) is 0 Å². The Morgan fingerprint density at radius 1 is 1.40 bits per heavy atom. The minimum atomic E-state index is -0.680. The molecule has 1 rings (SSSR count). The molecule has 4 nitrogen and oxygen atoms in total. The molecule has 0 aromatic heterocycles. The first-order chi connectivity index (χ1) is 7.08. The van der Waals surface area contributed by atoms with Crippen LogP contribution in [0.2, 0.25) is 0 Å². The molecule has 1 aliphatic heterocycles. The SMILES string of the molecule is CC1(C(=O)O)CCN(CCCCCO)C1. The van der Waals surface area contributed by atoms with Crippen LogP contribution < -0.4 is 0 Å². The lowest BCUT2D eigenvalue weighted by Crippen LogP contribution is -2.32. The molecule has 4 heteroatoms. The fraction of sp³-hybridized carbons (Fsp3) is 0.909. The summed E-state index contributed by atoms with van der Waals surface area (Å²) in [5.74, 6) is -0.680. The first kappa shape index (κ1) is 12.5. The lowest BCUT2D eigenvalue weighted by molar-refractivity contribution is -0.147. The average Bonchev–Trinajstić information content (AvgIpc) is 2.57. The first-order valence-corrected chi connectivity index (χ1v) is 5.65. The van der Waals surface area contributed by atoms with Crippen molar-refractivity contribution in [3.8, 4) is 0 Å². The molecule has 0 spiro atoms. The Morgan fingerprint density at radius 2 is 2.13 bits per heavy atom. The molecule has 0 aliphatic carbocycles. The van der Waals surface area contributed by atoms with E-state index in [-0.39, 0.29) is 6.61 Å². The van der Waals surface area contributed by atoms with Crippen molar-refractivity contribution < 1.29 is 15.0 Å². The highest BCUT2D eigenvalue weighted by atomic mass is 16.4. The van der Waals surface area contributed by atoms with Gasteiger partial charge in [0, 0.05) is 13.2 Å². The minimum Gasteiger partial charge on any atom is -0.481 e. The summed E-state index contributed by atoms with van der Waals surface area (Å²) >= 11 is 0. The topological polar surface area (TPSA) is 60.8 Å². The quantitative estimate of drug-likeness (QED) is 0.647. The molecule has 1 heterocycles. The van der Waals surface area contributed by atoms with Gasteiger partial charge in [-0.05, 0) is 45.7 Å². The average molecular weight is 215 g/mol. The Balaban J connectivity index is 2.22. The maximum Gasteiger partial charge on any atom is 0.310 e. The maximum absolute atomic E-state index is 11.0. The molecule has 88 valence electrons. The van der Waals surface area contributed by atoms with E-state index in [4.69, 9.17) is 10.2 Å². The van der Waals surface area contributed by atoms with Gasteiger partial charge in [-0.1, -0.05) is 0 Å². The minimum absolute atomic E-state index is 0.257. The van der Waals surface area contributed by atoms with Gasteiger partial charge in [0.25, 0.3) is 0 Å². The Morgan fingerprint density at radius 3 is 2.67 bits per heavy atom. The summed E-state index contributed by atoms with van der Waals surface area (Å²) in [6.45, 7) is 4.60. The molecule has 1 unspecified atom stereocenters. The molecule has 1 atom stereocenters. The van der Waals surface area contributed by atoms with E-state index in [2.05, 4.69) is 4.90 Å². The number of hydrogen-bond acceptors (Lipinski definition) is 3. The molecule has 2 N–H and O–H groups in total. The van der Waals surface area contributed by atoms with Gasteiger partial charge in [0.1, 0.15) is 0 Å². The second-order valence-electron chi connectivity index (χ2n) is 4.68. The van der Waals surface area contributed by atoms with Crippen molar-refractivity contribution in [2.45, 2.75) is 32.6 Å². The van der Waals surface area contributed by atoms with Crippen LogP contribution in [0.1, 0.15) is 32.6 Å². The Bertz CT molecular complexity index is 220. The summed E-state index contributed by atoms with van der Waals surface area (Å²) < 4.78 is 0. The number of aliphatic hydroxyl groups excluding tert-OH is 1. The van der Waals surface area contributed by atoms with Crippen molar-refractivity contribution >= 4 is 5.97 Å². The number of likely N-dealkylation sites (tertiary alicyclic amines) is 1.